The predicted molar refractivity (Wildman–Crippen MR) is 86.4 cm³/mol. The smallest absolute Gasteiger partial charge is 0.325 e. The number of carboxylic acids is 1. The molecule has 1 rings (SSSR count). The Morgan fingerprint density at radius 1 is 1.24 bits per heavy atom. The Kier molecular flexibility index (Phi) is 8.01. The van der Waals surface area contributed by atoms with Crippen molar-refractivity contribution < 1.29 is 9.90 Å². The minimum atomic E-state index is -0.822. The van der Waals surface area contributed by atoms with Crippen LogP contribution in [0.1, 0.15) is 45.2 Å². The number of carbonyl (C=O) groups is 1. The van der Waals surface area contributed by atoms with Gasteiger partial charge in [-0.3, -0.25) is 10.1 Å². The van der Waals surface area contributed by atoms with E-state index < -0.39 is 12.0 Å². The molecule has 4 nitrogen and oxygen atoms in total. The zero-order valence-corrected chi connectivity index (χ0v) is 13.4. The summed E-state index contributed by atoms with van der Waals surface area (Å²) < 4.78 is 0. The van der Waals surface area contributed by atoms with Crippen molar-refractivity contribution in [1.82, 2.24) is 10.2 Å². The van der Waals surface area contributed by atoms with Crippen molar-refractivity contribution in [2.75, 3.05) is 19.6 Å². The number of nitrogens with zero attached hydrogens (tertiary/aromatic N) is 1. The molecule has 118 valence electrons. The van der Waals surface area contributed by atoms with Gasteiger partial charge in [-0.2, -0.15) is 0 Å². The van der Waals surface area contributed by atoms with E-state index in [-0.39, 0.29) is 6.04 Å². The summed E-state index contributed by atoms with van der Waals surface area (Å²) in [6.07, 6.45) is 2.06. The topological polar surface area (TPSA) is 52.6 Å². The molecule has 2 unspecified atom stereocenters. The number of carboxylic acid groups (broad SMARTS) is 1. The number of nitrogens with one attached hydrogen (secondary N) is 1. The fourth-order valence-corrected chi connectivity index (χ4v) is 2.48. The first-order chi connectivity index (χ1) is 10.1. The molecule has 0 aliphatic heterocycles. The van der Waals surface area contributed by atoms with Gasteiger partial charge in [-0.05, 0) is 45.0 Å². The number of hydrogen-bond donors (Lipinski definition) is 2. The molecule has 0 spiro atoms. The minimum Gasteiger partial charge on any atom is -0.480 e. The Morgan fingerprint density at radius 3 is 2.38 bits per heavy atom. The summed E-state index contributed by atoms with van der Waals surface area (Å²) in [5, 5.41) is 12.6. The summed E-state index contributed by atoms with van der Waals surface area (Å²) in [6.45, 7) is 9.60. The lowest BCUT2D eigenvalue weighted by molar-refractivity contribution is -0.139. The van der Waals surface area contributed by atoms with E-state index >= 15 is 0 Å². The second-order valence-electron chi connectivity index (χ2n) is 5.42. The molecule has 0 saturated heterocycles. The third-order valence-electron chi connectivity index (χ3n) is 3.84. The van der Waals surface area contributed by atoms with Crippen LogP contribution in [0.25, 0.3) is 0 Å². The Bertz CT molecular complexity index is 405. The molecule has 0 heterocycles. The van der Waals surface area contributed by atoms with Gasteiger partial charge in [-0.25, -0.2) is 0 Å². The summed E-state index contributed by atoms with van der Waals surface area (Å²) in [4.78, 5) is 13.8. The van der Waals surface area contributed by atoms with Crippen molar-refractivity contribution in [2.45, 2.75) is 45.7 Å². The van der Waals surface area contributed by atoms with Crippen molar-refractivity contribution >= 4 is 5.97 Å². The summed E-state index contributed by atoms with van der Waals surface area (Å²) in [5.74, 6) is -0.822. The van der Waals surface area contributed by atoms with Gasteiger partial charge in [0.05, 0.1) is 0 Å². The van der Waals surface area contributed by atoms with E-state index in [9.17, 15) is 9.90 Å². The van der Waals surface area contributed by atoms with E-state index in [1.807, 2.05) is 30.3 Å². The van der Waals surface area contributed by atoms with E-state index in [2.05, 4.69) is 31.0 Å². The number of benzene rings is 1. The number of rotatable bonds is 10. The Hall–Kier alpha value is -1.39. The van der Waals surface area contributed by atoms with Gasteiger partial charge in [-0.15, -0.1) is 0 Å². The highest BCUT2D eigenvalue weighted by Gasteiger charge is 2.21. The van der Waals surface area contributed by atoms with Crippen LogP contribution >= 0.6 is 0 Å². The second-order valence-corrected chi connectivity index (χ2v) is 5.42. The summed E-state index contributed by atoms with van der Waals surface area (Å²) in [6, 6.07) is 8.91. The molecule has 0 amide bonds. The quantitative estimate of drug-likeness (QED) is 0.696. The molecule has 0 fully saturated rings. The maximum Gasteiger partial charge on any atom is 0.325 e. The summed E-state index contributed by atoms with van der Waals surface area (Å²) >= 11 is 0. The van der Waals surface area contributed by atoms with Gasteiger partial charge < -0.3 is 10.0 Å². The lowest BCUT2D eigenvalue weighted by atomic mass is 10.0. The van der Waals surface area contributed by atoms with Crippen LogP contribution in [0.3, 0.4) is 0 Å². The minimum absolute atomic E-state index is 0.182. The normalized spacial score (nSPS) is 14.1. The molecule has 2 atom stereocenters. The van der Waals surface area contributed by atoms with Gasteiger partial charge in [0.25, 0.3) is 0 Å². The molecule has 0 aliphatic rings. The average molecular weight is 292 g/mol. The largest absolute Gasteiger partial charge is 0.480 e. The van der Waals surface area contributed by atoms with Crippen LogP contribution in [-0.4, -0.2) is 41.7 Å². The number of hydrogen-bond acceptors (Lipinski definition) is 3. The Balaban J connectivity index is 2.47. The highest BCUT2D eigenvalue weighted by Crippen LogP contribution is 2.14. The Morgan fingerprint density at radius 2 is 1.86 bits per heavy atom. The third kappa shape index (κ3) is 6.27. The highest BCUT2D eigenvalue weighted by molar-refractivity contribution is 5.75. The van der Waals surface area contributed by atoms with Gasteiger partial charge in [0, 0.05) is 6.04 Å². The molecular weight excluding hydrogens is 264 g/mol. The molecule has 0 bridgehead atoms. The second kappa shape index (κ2) is 9.53. The van der Waals surface area contributed by atoms with Crippen LogP contribution in [0.2, 0.25) is 0 Å². The van der Waals surface area contributed by atoms with E-state index in [1.54, 1.807) is 0 Å². The van der Waals surface area contributed by atoms with Crippen LogP contribution in [-0.2, 0) is 4.79 Å². The van der Waals surface area contributed by atoms with Crippen molar-refractivity contribution in [3.8, 4) is 0 Å². The van der Waals surface area contributed by atoms with Gasteiger partial charge in [0.2, 0.25) is 0 Å². The number of aliphatic carboxylic acids is 1. The van der Waals surface area contributed by atoms with Gasteiger partial charge in [0.15, 0.2) is 0 Å². The molecule has 1 aromatic carbocycles. The Labute approximate surface area is 128 Å². The van der Waals surface area contributed by atoms with Crippen molar-refractivity contribution in [3.63, 3.8) is 0 Å². The predicted octanol–water partition coefficient (Wildman–Crippen LogP) is 2.91. The van der Waals surface area contributed by atoms with Gasteiger partial charge >= 0.3 is 5.97 Å². The van der Waals surface area contributed by atoms with E-state index in [0.29, 0.717) is 0 Å². The fraction of sp³-hybridized carbons (Fsp3) is 0.588. The van der Waals surface area contributed by atoms with E-state index in [0.717, 1.165) is 38.0 Å². The molecule has 2 N–H and O–H groups in total. The maximum atomic E-state index is 11.4. The highest BCUT2D eigenvalue weighted by atomic mass is 16.4. The van der Waals surface area contributed by atoms with E-state index in [1.165, 1.54) is 0 Å². The van der Waals surface area contributed by atoms with Crippen molar-refractivity contribution in [2.24, 2.45) is 0 Å². The standard InChI is InChI=1S/C17H28N2O2/c1-4-19(5-2)13-9-10-14(3)18-16(17(20)21)15-11-7-6-8-12-15/h6-8,11-12,14,16,18H,4-5,9-10,13H2,1-3H3,(H,20,21). The molecule has 21 heavy (non-hydrogen) atoms. The first kappa shape index (κ1) is 17.7. The van der Waals surface area contributed by atoms with Gasteiger partial charge in [-0.1, -0.05) is 44.2 Å². The first-order valence-electron chi connectivity index (χ1n) is 7.84. The first-order valence-corrected chi connectivity index (χ1v) is 7.84. The lowest BCUT2D eigenvalue weighted by Gasteiger charge is -2.22. The van der Waals surface area contributed by atoms with Crippen molar-refractivity contribution in [3.05, 3.63) is 35.9 Å². The lowest BCUT2D eigenvalue weighted by Crippen LogP contribution is -2.36. The van der Waals surface area contributed by atoms with Crippen LogP contribution in [0.4, 0.5) is 0 Å². The maximum absolute atomic E-state index is 11.4. The molecule has 4 heteroatoms. The SMILES string of the molecule is CCN(CC)CCCC(C)NC(C(=O)O)c1ccccc1. The molecule has 0 aromatic heterocycles. The zero-order valence-electron chi connectivity index (χ0n) is 13.4. The fourth-order valence-electron chi connectivity index (χ4n) is 2.48. The molecular formula is C17H28N2O2. The molecule has 1 aromatic rings. The van der Waals surface area contributed by atoms with Gasteiger partial charge in [0.1, 0.15) is 6.04 Å². The summed E-state index contributed by atoms with van der Waals surface area (Å²) in [7, 11) is 0. The molecule has 0 radical (unpaired) electrons. The molecule has 0 aliphatic carbocycles. The van der Waals surface area contributed by atoms with Crippen LogP contribution in [0.15, 0.2) is 30.3 Å². The van der Waals surface area contributed by atoms with E-state index in [4.69, 9.17) is 0 Å². The third-order valence-corrected chi connectivity index (χ3v) is 3.84. The van der Waals surface area contributed by atoms with Crippen LogP contribution in [0.5, 0.6) is 0 Å². The zero-order chi connectivity index (χ0) is 15.7. The average Bonchev–Trinajstić information content (AvgIpc) is 2.50. The monoisotopic (exact) mass is 292 g/mol. The van der Waals surface area contributed by atoms with Crippen LogP contribution < -0.4 is 5.32 Å². The van der Waals surface area contributed by atoms with Crippen LogP contribution in [0, 0.1) is 0 Å². The molecule has 0 saturated carbocycles. The summed E-state index contributed by atoms with van der Waals surface area (Å²) in [5.41, 5.74) is 0.806. The van der Waals surface area contributed by atoms with Crippen molar-refractivity contribution in [1.29, 1.82) is 0 Å².